The zero-order valence-corrected chi connectivity index (χ0v) is 10.8. The number of hydrogen-bond acceptors (Lipinski definition) is 1. The summed E-state index contributed by atoms with van der Waals surface area (Å²) in [4.78, 5) is 0. The van der Waals surface area contributed by atoms with Crippen molar-refractivity contribution in [2.45, 2.75) is 31.8 Å². The van der Waals surface area contributed by atoms with E-state index in [-0.39, 0.29) is 11.9 Å². The van der Waals surface area contributed by atoms with Crippen LogP contribution in [0.2, 0.25) is 0 Å². The van der Waals surface area contributed by atoms with Crippen molar-refractivity contribution in [3.05, 3.63) is 46.2 Å². The summed E-state index contributed by atoms with van der Waals surface area (Å²) < 4.78 is 13.8. The Morgan fingerprint density at radius 2 is 2.06 bits per heavy atom. The second-order valence-electron chi connectivity index (χ2n) is 4.19. The van der Waals surface area contributed by atoms with Crippen LogP contribution in [-0.2, 0) is 0 Å². The lowest BCUT2D eigenvalue weighted by molar-refractivity contribution is 0.470. The molecule has 1 aliphatic carbocycles. The molecule has 0 aromatic heterocycles. The fraction of sp³-hybridized carbons (Fsp3) is 0.385. The van der Waals surface area contributed by atoms with E-state index >= 15 is 0 Å². The van der Waals surface area contributed by atoms with Gasteiger partial charge >= 0.3 is 0 Å². The predicted molar refractivity (Wildman–Crippen MR) is 67.8 cm³/mol. The molecule has 0 heterocycles. The van der Waals surface area contributed by atoms with Crippen molar-refractivity contribution >= 4 is 15.9 Å². The molecule has 1 aliphatic rings. The fourth-order valence-electron chi connectivity index (χ4n) is 2.05. The normalized spacial score (nSPS) is 17.9. The summed E-state index contributed by atoms with van der Waals surface area (Å²) in [6.07, 6.45) is 6.57. The number of nitrogens with one attached hydrogen (secondary N) is 1. The molecule has 0 radical (unpaired) electrons. The molecular weight excluding hydrogens is 269 g/mol. The number of benzene rings is 1. The van der Waals surface area contributed by atoms with Crippen LogP contribution in [-0.4, -0.2) is 6.04 Å². The van der Waals surface area contributed by atoms with Crippen molar-refractivity contribution in [3.63, 3.8) is 0 Å². The lowest BCUT2D eigenvalue weighted by atomic mass is 10.1. The molecule has 1 unspecified atom stereocenters. The second-order valence-corrected chi connectivity index (χ2v) is 5.05. The minimum Gasteiger partial charge on any atom is -0.307 e. The first kappa shape index (κ1) is 11.8. The minimum absolute atomic E-state index is 0.203. The summed E-state index contributed by atoms with van der Waals surface area (Å²) >= 11 is 3.40. The van der Waals surface area contributed by atoms with E-state index in [9.17, 15) is 4.39 Å². The van der Waals surface area contributed by atoms with Crippen LogP contribution in [0.4, 0.5) is 4.39 Å². The first-order valence-electron chi connectivity index (χ1n) is 5.53. The third-order valence-electron chi connectivity index (χ3n) is 2.92. The Bertz CT molecular complexity index is 395. The van der Waals surface area contributed by atoms with Gasteiger partial charge in [0.25, 0.3) is 0 Å². The molecule has 0 fully saturated rings. The van der Waals surface area contributed by atoms with E-state index < -0.39 is 0 Å². The van der Waals surface area contributed by atoms with Crippen molar-refractivity contribution < 1.29 is 4.39 Å². The van der Waals surface area contributed by atoms with Gasteiger partial charge < -0.3 is 5.32 Å². The minimum atomic E-state index is -0.203. The van der Waals surface area contributed by atoms with E-state index in [0.29, 0.717) is 6.04 Å². The first-order chi connectivity index (χ1) is 7.66. The molecule has 1 N–H and O–H groups in total. The van der Waals surface area contributed by atoms with E-state index in [1.54, 1.807) is 0 Å². The number of rotatable bonds is 3. The topological polar surface area (TPSA) is 12.0 Å². The van der Waals surface area contributed by atoms with Crippen LogP contribution in [0.1, 0.15) is 31.4 Å². The highest BCUT2D eigenvalue weighted by atomic mass is 79.9. The predicted octanol–water partition coefficient (Wildman–Crippen LogP) is 3.96. The SMILES string of the molecule is CC(NC1CC=CC1)c1ccc(F)cc1Br. The average Bonchev–Trinajstić information content (AvgIpc) is 2.70. The number of hydrogen-bond donors (Lipinski definition) is 1. The van der Waals surface area contributed by atoms with Crippen LogP contribution in [0.5, 0.6) is 0 Å². The van der Waals surface area contributed by atoms with E-state index in [1.807, 2.05) is 6.07 Å². The smallest absolute Gasteiger partial charge is 0.124 e. The molecule has 0 saturated carbocycles. The first-order valence-corrected chi connectivity index (χ1v) is 6.32. The van der Waals surface area contributed by atoms with Crippen LogP contribution in [0.25, 0.3) is 0 Å². The summed E-state index contributed by atoms with van der Waals surface area (Å²) in [5.41, 5.74) is 1.10. The van der Waals surface area contributed by atoms with E-state index in [4.69, 9.17) is 0 Å². The maximum absolute atomic E-state index is 13.0. The van der Waals surface area contributed by atoms with Gasteiger partial charge in [-0.2, -0.15) is 0 Å². The molecular formula is C13H15BrFN. The highest BCUT2D eigenvalue weighted by Gasteiger charge is 2.16. The Morgan fingerprint density at radius 3 is 2.69 bits per heavy atom. The van der Waals surface area contributed by atoms with Crippen LogP contribution < -0.4 is 5.32 Å². The Balaban J connectivity index is 2.05. The molecule has 0 amide bonds. The lowest BCUT2D eigenvalue weighted by Crippen LogP contribution is -2.29. The molecule has 0 bridgehead atoms. The van der Waals surface area contributed by atoms with Gasteiger partial charge in [0.1, 0.15) is 5.82 Å². The quantitative estimate of drug-likeness (QED) is 0.828. The van der Waals surface area contributed by atoms with Crippen molar-refractivity contribution in [3.8, 4) is 0 Å². The highest BCUT2D eigenvalue weighted by Crippen LogP contribution is 2.25. The second kappa shape index (κ2) is 5.11. The van der Waals surface area contributed by atoms with Crippen molar-refractivity contribution in [2.24, 2.45) is 0 Å². The van der Waals surface area contributed by atoms with Gasteiger partial charge in [0.2, 0.25) is 0 Å². The van der Waals surface area contributed by atoms with Gasteiger partial charge in [0.15, 0.2) is 0 Å². The number of halogens is 2. The molecule has 16 heavy (non-hydrogen) atoms. The molecule has 0 spiro atoms. The zero-order valence-electron chi connectivity index (χ0n) is 9.21. The summed E-state index contributed by atoms with van der Waals surface area (Å²) in [5, 5.41) is 3.54. The monoisotopic (exact) mass is 283 g/mol. The Labute approximate surface area is 104 Å². The molecule has 1 atom stereocenters. The molecule has 86 valence electrons. The molecule has 0 aliphatic heterocycles. The molecule has 2 rings (SSSR count). The van der Waals surface area contributed by atoms with E-state index in [2.05, 4.69) is 40.3 Å². The Kier molecular flexibility index (Phi) is 3.77. The van der Waals surface area contributed by atoms with Crippen LogP contribution in [0.15, 0.2) is 34.8 Å². The Hall–Kier alpha value is -0.670. The van der Waals surface area contributed by atoms with Gasteiger partial charge in [-0.15, -0.1) is 0 Å². The largest absolute Gasteiger partial charge is 0.307 e. The summed E-state index contributed by atoms with van der Waals surface area (Å²) in [6.45, 7) is 2.11. The summed E-state index contributed by atoms with van der Waals surface area (Å²) in [6, 6.07) is 5.61. The van der Waals surface area contributed by atoms with Crippen molar-refractivity contribution in [1.82, 2.24) is 5.32 Å². The van der Waals surface area contributed by atoms with Gasteiger partial charge in [-0.1, -0.05) is 34.1 Å². The lowest BCUT2D eigenvalue weighted by Gasteiger charge is -2.20. The highest BCUT2D eigenvalue weighted by molar-refractivity contribution is 9.10. The summed E-state index contributed by atoms with van der Waals surface area (Å²) in [7, 11) is 0. The molecule has 1 nitrogen and oxygen atoms in total. The summed E-state index contributed by atoms with van der Waals surface area (Å²) in [5.74, 6) is -0.203. The molecule has 1 aromatic rings. The van der Waals surface area contributed by atoms with Crippen molar-refractivity contribution in [2.75, 3.05) is 0 Å². The van der Waals surface area contributed by atoms with Crippen molar-refractivity contribution in [1.29, 1.82) is 0 Å². The molecule has 0 saturated heterocycles. The van der Waals surface area contributed by atoms with E-state index in [1.165, 1.54) is 12.1 Å². The van der Waals surface area contributed by atoms with Gasteiger partial charge in [-0.05, 0) is 37.5 Å². The molecule has 1 aromatic carbocycles. The third kappa shape index (κ3) is 2.71. The maximum atomic E-state index is 13.0. The van der Waals surface area contributed by atoms with E-state index in [0.717, 1.165) is 22.9 Å². The zero-order chi connectivity index (χ0) is 11.5. The van der Waals surface area contributed by atoms with Gasteiger partial charge in [-0.25, -0.2) is 4.39 Å². The standard InChI is InChI=1S/C13H15BrFN/c1-9(16-11-4-2-3-5-11)12-7-6-10(15)8-13(12)14/h2-3,6-9,11,16H,4-5H2,1H3. The fourth-order valence-corrected chi connectivity index (χ4v) is 2.74. The van der Waals surface area contributed by atoms with Crippen LogP contribution in [0, 0.1) is 5.82 Å². The average molecular weight is 284 g/mol. The Morgan fingerprint density at radius 1 is 1.38 bits per heavy atom. The van der Waals surface area contributed by atoms with Gasteiger partial charge in [0, 0.05) is 16.6 Å². The van der Waals surface area contributed by atoms with Crippen LogP contribution >= 0.6 is 15.9 Å². The van der Waals surface area contributed by atoms with Gasteiger partial charge in [-0.3, -0.25) is 0 Å². The maximum Gasteiger partial charge on any atom is 0.124 e. The van der Waals surface area contributed by atoms with Crippen LogP contribution in [0.3, 0.4) is 0 Å². The third-order valence-corrected chi connectivity index (χ3v) is 3.61. The van der Waals surface area contributed by atoms with Gasteiger partial charge in [0.05, 0.1) is 0 Å². The molecule has 3 heteroatoms.